The number of benzene rings is 3. The first-order valence-corrected chi connectivity index (χ1v) is 15.2. The van der Waals surface area contributed by atoms with Crippen molar-refractivity contribution in [2.75, 3.05) is 37.7 Å². The fourth-order valence-corrected chi connectivity index (χ4v) is 7.31. The topological polar surface area (TPSA) is 55.9 Å². The quantitative estimate of drug-likeness (QED) is 0.356. The lowest BCUT2D eigenvalue weighted by atomic mass is 9.75. The summed E-state index contributed by atoms with van der Waals surface area (Å²) < 4.78 is 0. The van der Waals surface area contributed by atoms with Crippen molar-refractivity contribution >= 4 is 40.7 Å². The number of rotatable bonds is 8. The van der Waals surface area contributed by atoms with E-state index in [4.69, 9.17) is 23.2 Å². The predicted molar refractivity (Wildman–Crippen MR) is 164 cm³/mol. The third-order valence-corrected chi connectivity index (χ3v) is 10.0. The van der Waals surface area contributed by atoms with Crippen molar-refractivity contribution in [3.8, 4) is 0 Å². The maximum Gasteiger partial charge on any atom is 0.247 e. The van der Waals surface area contributed by atoms with Crippen LogP contribution in [0.4, 0.5) is 5.69 Å². The molecule has 0 aromatic heterocycles. The van der Waals surface area contributed by atoms with Gasteiger partial charge in [-0.25, -0.2) is 0 Å². The molecular formula is C33H36Cl2N4O2. The summed E-state index contributed by atoms with van der Waals surface area (Å²) >= 11 is 12.7. The summed E-state index contributed by atoms with van der Waals surface area (Å²) in [6.45, 7) is 4.50. The SMILES string of the molecule is O=C1CC(CCCN2CCC3(CC2)C(=O)NCN3c2ccccc2)(c2ccc(Cl)c(Cl)c2)CN1Cc1ccccc1. The van der Waals surface area contributed by atoms with Gasteiger partial charge < -0.3 is 20.0 Å². The predicted octanol–water partition coefficient (Wildman–Crippen LogP) is 5.87. The van der Waals surface area contributed by atoms with E-state index in [0.717, 1.165) is 62.1 Å². The molecule has 3 aliphatic rings. The molecule has 2 amide bonds. The summed E-state index contributed by atoms with van der Waals surface area (Å²) in [6.07, 6.45) is 3.89. The van der Waals surface area contributed by atoms with Gasteiger partial charge >= 0.3 is 0 Å². The maximum atomic E-state index is 13.3. The van der Waals surface area contributed by atoms with E-state index in [1.54, 1.807) is 0 Å². The molecule has 1 atom stereocenters. The van der Waals surface area contributed by atoms with Crippen LogP contribution in [0.1, 0.15) is 43.2 Å². The number of para-hydroxylation sites is 1. The van der Waals surface area contributed by atoms with E-state index < -0.39 is 5.54 Å². The normalized spacial score (nSPS) is 22.5. The van der Waals surface area contributed by atoms with Gasteiger partial charge in [0.15, 0.2) is 0 Å². The van der Waals surface area contributed by atoms with Crippen LogP contribution < -0.4 is 10.2 Å². The Bertz CT molecular complexity index is 1390. The lowest BCUT2D eigenvalue weighted by Crippen LogP contribution is -2.56. The van der Waals surface area contributed by atoms with Gasteiger partial charge in [0, 0.05) is 43.7 Å². The van der Waals surface area contributed by atoms with E-state index in [-0.39, 0.29) is 17.2 Å². The fourth-order valence-electron chi connectivity index (χ4n) is 7.01. The number of hydrogen-bond donors (Lipinski definition) is 1. The molecule has 3 aromatic carbocycles. The number of amides is 2. The molecule has 8 heteroatoms. The highest BCUT2D eigenvalue weighted by molar-refractivity contribution is 6.42. The van der Waals surface area contributed by atoms with Crippen LogP contribution in [0.25, 0.3) is 0 Å². The van der Waals surface area contributed by atoms with Gasteiger partial charge in [0.1, 0.15) is 5.54 Å². The molecule has 1 unspecified atom stereocenters. The molecule has 3 fully saturated rings. The summed E-state index contributed by atoms with van der Waals surface area (Å²) in [5, 5.41) is 4.14. The average Bonchev–Trinajstić information content (AvgIpc) is 3.48. The number of likely N-dealkylation sites (tertiary alicyclic amines) is 2. The highest BCUT2D eigenvalue weighted by atomic mass is 35.5. The van der Waals surface area contributed by atoms with Crippen molar-refractivity contribution in [1.82, 2.24) is 15.1 Å². The highest BCUT2D eigenvalue weighted by Crippen LogP contribution is 2.42. The Morgan fingerprint density at radius 3 is 2.27 bits per heavy atom. The molecule has 3 aromatic rings. The van der Waals surface area contributed by atoms with E-state index in [1.807, 2.05) is 59.5 Å². The second kappa shape index (κ2) is 11.7. The van der Waals surface area contributed by atoms with Crippen LogP contribution in [0.15, 0.2) is 78.9 Å². The van der Waals surface area contributed by atoms with Crippen LogP contribution in [-0.2, 0) is 21.5 Å². The summed E-state index contributed by atoms with van der Waals surface area (Å²) in [5.74, 6) is 0.315. The number of piperidine rings is 1. The van der Waals surface area contributed by atoms with Crippen molar-refractivity contribution in [1.29, 1.82) is 0 Å². The van der Waals surface area contributed by atoms with Crippen LogP contribution in [0.3, 0.4) is 0 Å². The first-order valence-electron chi connectivity index (χ1n) is 14.5. The number of hydrogen-bond acceptors (Lipinski definition) is 4. The minimum absolute atomic E-state index is 0.141. The van der Waals surface area contributed by atoms with Gasteiger partial charge in [-0.2, -0.15) is 0 Å². The van der Waals surface area contributed by atoms with Gasteiger partial charge in [-0.15, -0.1) is 0 Å². The van der Waals surface area contributed by atoms with E-state index in [1.165, 1.54) is 0 Å². The molecule has 0 saturated carbocycles. The van der Waals surface area contributed by atoms with Crippen LogP contribution >= 0.6 is 23.2 Å². The van der Waals surface area contributed by atoms with Crippen molar-refractivity contribution in [2.24, 2.45) is 0 Å². The van der Waals surface area contributed by atoms with Crippen molar-refractivity contribution in [3.63, 3.8) is 0 Å². The molecule has 6 nitrogen and oxygen atoms in total. The largest absolute Gasteiger partial charge is 0.339 e. The van der Waals surface area contributed by atoms with Crippen molar-refractivity contribution < 1.29 is 9.59 Å². The first-order chi connectivity index (χ1) is 19.9. The monoisotopic (exact) mass is 590 g/mol. The second-order valence-corrected chi connectivity index (χ2v) is 12.5. The number of nitrogens with one attached hydrogen (secondary N) is 1. The standard InChI is InChI=1S/C33H36Cl2N4O2/c34-28-13-12-26(20-29(28)35)32(21-30(40)38(23-32)22-25-8-3-1-4-9-25)14-7-17-37-18-15-33(16-19-37)31(41)36-24-39(33)27-10-5-2-6-11-27/h1-6,8-13,20H,7,14-19,21-24H2,(H,36,41). The van der Waals surface area contributed by atoms with Crippen LogP contribution in [0.5, 0.6) is 0 Å². The van der Waals surface area contributed by atoms with Gasteiger partial charge in [0.2, 0.25) is 11.8 Å². The molecule has 214 valence electrons. The third kappa shape index (κ3) is 5.57. The van der Waals surface area contributed by atoms with Crippen LogP contribution in [0, 0.1) is 0 Å². The number of anilines is 1. The van der Waals surface area contributed by atoms with Gasteiger partial charge in [-0.3, -0.25) is 9.59 Å². The Balaban J connectivity index is 1.13. The summed E-state index contributed by atoms with van der Waals surface area (Å²) in [4.78, 5) is 33.1. The van der Waals surface area contributed by atoms with Crippen LogP contribution in [-0.4, -0.2) is 60.0 Å². The van der Waals surface area contributed by atoms with E-state index in [9.17, 15) is 9.59 Å². The molecule has 0 bridgehead atoms. The Morgan fingerprint density at radius 2 is 1.56 bits per heavy atom. The Labute approximate surface area is 252 Å². The zero-order valence-corrected chi connectivity index (χ0v) is 24.7. The van der Waals surface area contributed by atoms with Crippen LogP contribution in [0.2, 0.25) is 10.0 Å². The number of nitrogens with zero attached hydrogens (tertiary/aromatic N) is 3. The Hall–Kier alpha value is -3.06. The van der Waals surface area contributed by atoms with Gasteiger partial charge in [0.25, 0.3) is 0 Å². The number of carbonyl (C=O) groups excluding carboxylic acids is 2. The minimum Gasteiger partial charge on any atom is -0.339 e. The van der Waals surface area contributed by atoms with Gasteiger partial charge in [-0.05, 0) is 67.6 Å². The smallest absolute Gasteiger partial charge is 0.247 e. The second-order valence-electron chi connectivity index (χ2n) is 11.7. The Morgan fingerprint density at radius 1 is 0.854 bits per heavy atom. The minimum atomic E-state index is -0.477. The molecule has 3 heterocycles. The van der Waals surface area contributed by atoms with E-state index in [2.05, 4.69) is 39.4 Å². The molecule has 0 aliphatic carbocycles. The number of carbonyl (C=O) groups is 2. The zero-order chi connectivity index (χ0) is 28.5. The molecule has 6 rings (SSSR count). The molecule has 41 heavy (non-hydrogen) atoms. The molecule has 3 saturated heterocycles. The molecule has 1 spiro atoms. The fraction of sp³-hybridized carbons (Fsp3) is 0.394. The first kappa shape index (κ1) is 28.1. The van der Waals surface area contributed by atoms with Gasteiger partial charge in [-0.1, -0.05) is 77.8 Å². The summed E-state index contributed by atoms with van der Waals surface area (Å²) in [5.41, 5.74) is 2.51. The summed E-state index contributed by atoms with van der Waals surface area (Å²) in [6, 6.07) is 26.2. The highest BCUT2D eigenvalue weighted by Gasteiger charge is 2.50. The maximum absolute atomic E-state index is 13.3. The molecular weight excluding hydrogens is 555 g/mol. The van der Waals surface area contributed by atoms with E-state index >= 15 is 0 Å². The third-order valence-electron chi connectivity index (χ3n) is 9.30. The lowest BCUT2D eigenvalue weighted by Gasteiger charge is -2.43. The van der Waals surface area contributed by atoms with Crippen molar-refractivity contribution in [2.45, 2.75) is 49.6 Å². The molecule has 0 radical (unpaired) electrons. The van der Waals surface area contributed by atoms with E-state index in [0.29, 0.717) is 36.2 Å². The summed E-state index contributed by atoms with van der Waals surface area (Å²) in [7, 11) is 0. The number of halogens is 2. The zero-order valence-electron chi connectivity index (χ0n) is 23.2. The lowest BCUT2D eigenvalue weighted by molar-refractivity contribution is -0.128. The average molecular weight is 592 g/mol. The van der Waals surface area contributed by atoms with Gasteiger partial charge in [0.05, 0.1) is 16.7 Å². The van der Waals surface area contributed by atoms with Crippen molar-refractivity contribution in [3.05, 3.63) is 100 Å². The molecule has 1 N–H and O–H groups in total. The molecule has 3 aliphatic heterocycles. The Kier molecular flexibility index (Phi) is 7.99.